The summed E-state index contributed by atoms with van der Waals surface area (Å²) in [4.78, 5) is 24.9. The largest absolute Gasteiger partial charge is 0.472 e. The molecule has 4 aliphatic rings. The zero-order valence-electron chi connectivity index (χ0n) is 18.0. The number of hydrogen-bond acceptors (Lipinski definition) is 5. The molecule has 4 aliphatic carbocycles. The van der Waals surface area contributed by atoms with Gasteiger partial charge in [0.1, 0.15) is 12.2 Å². The van der Waals surface area contributed by atoms with E-state index < -0.39 is 5.97 Å². The minimum absolute atomic E-state index is 0.108. The number of aryl methyl sites for hydroxylation is 1. The summed E-state index contributed by atoms with van der Waals surface area (Å²) < 4.78 is 12.3. The van der Waals surface area contributed by atoms with Gasteiger partial charge in [0.2, 0.25) is 5.88 Å². The second-order valence-corrected chi connectivity index (χ2v) is 9.40. The lowest BCUT2D eigenvalue weighted by Gasteiger charge is -2.54. The standard InChI is InChI=1S/C24H29N3O4/c1-27-23(31-13-14-4-3-5-17(7-14)24(29)30-2)20(12-25-27)22(28)26-21-18-8-15-6-16(10-18)11-19(21)9-15/h3-5,7,12,15-16,18-19,21H,6,8-11,13H2,1-2H3,(H,26,28). The van der Waals surface area contributed by atoms with Crippen LogP contribution in [0.15, 0.2) is 30.5 Å². The van der Waals surface area contributed by atoms with Crippen molar-refractivity contribution in [3.05, 3.63) is 47.2 Å². The number of nitrogens with zero attached hydrogens (tertiary/aromatic N) is 2. The van der Waals surface area contributed by atoms with Crippen LogP contribution in [0.1, 0.15) is 58.4 Å². The number of hydrogen-bond donors (Lipinski definition) is 1. The van der Waals surface area contributed by atoms with Gasteiger partial charge < -0.3 is 14.8 Å². The van der Waals surface area contributed by atoms with Crippen LogP contribution in [-0.2, 0) is 18.4 Å². The summed E-state index contributed by atoms with van der Waals surface area (Å²) in [7, 11) is 3.12. The van der Waals surface area contributed by atoms with Crippen molar-refractivity contribution in [3.63, 3.8) is 0 Å². The Morgan fingerprint density at radius 3 is 2.52 bits per heavy atom. The minimum Gasteiger partial charge on any atom is -0.472 e. The Bertz CT molecular complexity index is 970. The van der Waals surface area contributed by atoms with Gasteiger partial charge in [-0.15, -0.1) is 0 Å². The van der Waals surface area contributed by atoms with Gasteiger partial charge in [-0.05, 0) is 73.5 Å². The number of benzene rings is 1. The molecule has 6 rings (SSSR count). The Morgan fingerprint density at radius 1 is 1.13 bits per heavy atom. The molecule has 4 saturated carbocycles. The van der Waals surface area contributed by atoms with Crippen LogP contribution in [-0.4, -0.2) is 34.8 Å². The summed E-state index contributed by atoms with van der Waals surface area (Å²) >= 11 is 0. The summed E-state index contributed by atoms with van der Waals surface area (Å²) in [6.07, 6.45) is 7.99. The Hall–Kier alpha value is -2.83. The Morgan fingerprint density at radius 2 is 1.84 bits per heavy atom. The van der Waals surface area contributed by atoms with Crippen LogP contribution in [0.25, 0.3) is 0 Å². The lowest BCUT2D eigenvalue weighted by Crippen LogP contribution is -2.55. The summed E-state index contributed by atoms with van der Waals surface area (Å²) in [6, 6.07) is 7.36. The summed E-state index contributed by atoms with van der Waals surface area (Å²) in [5.41, 5.74) is 1.74. The molecule has 4 bridgehead atoms. The highest BCUT2D eigenvalue weighted by Crippen LogP contribution is 2.53. The second kappa shape index (κ2) is 8.02. The second-order valence-electron chi connectivity index (χ2n) is 9.40. The highest BCUT2D eigenvalue weighted by Gasteiger charge is 2.48. The molecular formula is C24H29N3O4. The zero-order valence-corrected chi connectivity index (χ0v) is 18.0. The van der Waals surface area contributed by atoms with Crippen molar-refractivity contribution in [2.24, 2.45) is 30.7 Å². The van der Waals surface area contributed by atoms with Crippen LogP contribution in [0, 0.1) is 23.7 Å². The fourth-order valence-electron chi connectivity index (χ4n) is 6.20. The molecule has 2 aromatic rings. The number of rotatable bonds is 6. The van der Waals surface area contributed by atoms with Gasteiger partial charge in [-0.2, -0.15) is 5.10 Å². The van der Waals surface area contributed by atoms with Gasteiger partial charge in [-0.1, -0.05) is 12.1 Å². The number of carbonyl (C=O) groups is 2. The van der Waals surface area contributed by atoms with E-state index in [4.69, 9.17) is 9.47 Å². The molecule has 7 nitrogen and oxygen atoms in total. The smallest absolute Gasteiger partial charge is 0.337 e. The number of aromatic nitrogens is 2. The lowest BCUT2D eigenvalue weighted by atomic mass is 9.54. The van der Waals surface area contributed by atoms with Crippen molar-refractivity contribution in [1.82, 2.24) is 15.1 Å². The van der Waals surface area contributed by atoms with Gasteiger partial charge >= 0.3 is 5.97 Å². The predicted octanol–water partition coefficient (Wildman–Crippen LogP) is 3.34. The summed E-state index contributed by atoms with van der Waals surface area (Å²) in [5, 5.41) is 7.58. The molecule has 1 aromatic heterocycles. The molecule has 4 fully saturated rings. The van der Waals surface area contributed by atoms with Crippen molar-refractivity contribution in [2.75, 3.05) is 7.11 Å². The average molecular weight is 424 g/mol. The molecule has 1 heterocycles. The Labute approximate surface area is 182 Å². The fraction of sp³-hybridized carbons (Fsp3) is 0.542. The van der Waals surface area contributed by atoms with Crippen LogP contribution in [0.5, 0.6) is 5.88 Å². The third-order valence-corrected chi connectivity index (χ3v) is 7.38. The van der Waals surface area contributed by atoms with E-state index in [-0.39, 0.29) is 18.6 Å². The third kappa shape index (κ3) is 3.82. The number of ether oxygens (including phenoxy) is 2. The lowest BCUT2D eigenvalue weighted by molar-refractivity contribution is -0.0120. The maximum Gasteiger partial charge on any atom is 0.337 e. The maximum atomic E-state index is 13.2. The highest BCUT2D eigenvalue weighted by molar-refractivity contribution is 5.96. The van der Waals surface area contributed by atoms with Gasteiger partial charge in [0.25, 0.3) is 5.91 Å². The molecule has 0 aliphatic heterocycles. The fourth-order valence-corrected chi connectivity index (χ4v) is 6.20. The molecule has 1 N–H and O–H groups in total. The number of carbonyl (C=O) groups excluding carboxylic acids is 2. The van der Waals surface area contributed by atoms with Gasteiger partial charge in [0, 0.05) is 13.1 Å². The first-order chi connectivity index (χ1) is 15.0. The first-order valence-corrected chi connectivity index (χ1v) is 11.1. The third-order valence-electron chi connectivity index (χ3n) is 7.38. The molecular weight excluding hydrogens is 394 g/mol. The molecule has 0 saturated heterocycles. The minimum atomic E-state index is -0.391. The monoisotopic (exact) mass is 423 g/mol. The molecule has 1 amide bonds. The molecule has 1 aromatic carbocycles. The van der Waals surface area contributed by atoms with Crippen molar-refractivity contribution in [3.8, 4) is 5.88 Å². The first kappa shape index (κ1) is 20.1. The zero-order chi connectivity index (χ0) is 21.5. The summed E-state index contributed by atoms with van der Waals surface area (Å²) in [5.74, 6) is 2.90. The van der Waals surface area contributed by atoms with E-state index in [1.54, 1.807) is 36.1 Å². The topological polar surface area (TPSA) is 82.4 Å². The van der Waals surface area contributed by atoms with Crippen LogP contribution < -0.4 is 10.1 Å². The van der Waals surface area contributed by atoms with E-state index in [0.29, 0.717) is 28.8 Å². The van der Waals surface area contributed by atoms with Crippen LogP contribution in [0.3, 0.4) is 0 Å². The predicted molar refractivity (Wildman–Crippen MR) is 114 cm³/mol. The normalized spacial score (nSPS) is 28.4. The van der Waals surface area contributed by atoms with E-state index >= 15 is 0 Å². The molecule has 164 valence electrons. The number of esters is 1. The van der Waals surface area contributed by atoms with E-state index in [9.17, 15) is 9.59 Å². The molecule has 31 heavy (non-hydrogen) atoms. The van der Waals surface area contributed by atoms with Gasteiger partial charge in [0.15, 0.2) is 0 Å². The van der Waals surface area contributed by atoms with E-state index in [0.717, 1.165) is 17.4 Å². The Kier molecular flexibility index (Phi) is 5.20. The maximum absolute atomic E-state index is 13.2. The van der Waals surface area contributed by atoms with Crippen molar-refractivity contribution in [1.29, 1.82) is 0 Å². The van der Waals surface area contributed by atoms with Crippen LogP contribution in [0.4, 0.5) is 0 Å². The van der Waals surface area contributed by atoms with Gasteiger partial charge in [0.05, 0.1) is 18.9 Å². The molecule has 7 heteroatoms. The van der Waals surface area contributed by atoms with Gasteiger partial charge in [-0.25, -0.2) is 9.48 Å². The number of methoxy groups -OCH3 is 1. The quantitative estimate of drug-likeness (QED) is 0.721. The number of nitrogens with one attached hydrogen (secondary N) is 1. The van der Waals surface area contributed by atoms with Crippen LogP contribution in [0.2, 0.25) is 0 Å². The van der Waals surface area contributed by atoms with Crippen LogP contribution >= 0.6 is 0 Å². The van der Waals surface area contributed by atoms with Crippen molar-refractivity contribution < 1.29 is 19.1 Å². The average Bonchev–Trinajstić information content (AvgIpc) is 3.14. The van der Waals surface area contributed by atoms with Crippen molar-refractivity contribution >= 4 is 11.9 Å². The number of amides is 1. The summed E-state index contributed by atoms with van der Waals surface area (Å²) in [6.45, 7) is 0.225. The van der Waals surface area contributed by atoms with E-state index in [2.05, 4.69) is 10.4 Å². The van der Waals surface area contributed by atoms with E-state index in [1.807, 2.05) is 6.07 Å². The van der Waals surface area contributed by atoms with E-state index in [1.165, 1.54) is 39.2 Å². The first-order valence-electron chi connectivity index (χ1n) is 11.1. The Balaban J connectivity index is 1.28. The molecule has 0 spiro atoms. The molecule has 0 radical (unpaired) electrons. The molecule has 0 unspecified atom stereocenters. The molecule has 0 atom stereocenters. The highest BCUT2D eigenvalue weighted by atomic mass is 16.5. The SMILES string of the molecule is COC(=O)c1cccc(COc2c(C(=O)NC3C4CC5CC(C4)CC3C5)cnn2C)c1. The van der Waals surface area contributed by atoms with Gasteiger partial charge in [-0.3, -0.25) is 4.79 Å². The van der Waals surface area contributed by atoms with Crippen molar-refractivity contribution in [2.45, 2.75) is 44.8 Å².